The van der Waals surface area contributed by atoms with Crippen molar-refractivity contribution < 1.29 is 17.6 Å². The Hall–Kier alpha value is -1.11. The number of alkyl halides is 3. The maximum atomic E-state index is 12.6. The van der Waals surface area contributed by atoms with Crippen LogP contribution in [0.15, 0.2) is 4.42 Å². The van der Waals surface area contributed by atoms with E-state index in [-0.39, 0.29) is 18.8 Å². The first-order valence-electron chi connectivity index (χ1n) is 7.48. The fourth-order valence-electron chi connectivity index (χ4n) is 2.67. The first-order chi connectivity index (χ1) is 9.86. The molecule has 1 aromatic rings. The molecule has 120 valence electrons. The van der Waals surface area contributed by atoms with E-state index in [1.54, 1.807) is 0 Å². The summed E-state index contributed by atoms with van der Waals surface area (Å²) in [5, 5.41) is 11.2. The molecule has 7 heteroatoms. The minimum Gasteiger partial charge on any atom is -0.425 e. The molecule has 21 heavy (non-hydrogen) atoms. The normalized spacial score (nSPS) is 23.7. The van der Waals surface area contributed by atoms with Crippen molar-refractivity contribution in [3.05, 3.63) is 11.8 Å². The van der Waals surface area contributed by atoms with Crippen LogP contribution in [0.25, 0.3) is 0 Å². The SMILES string of the molecule is CC(C)NCCc1nnc(C2CCC(C(F)(F)F)CC2)o1. The number of nitrogens with one attached hydrogen (secondary N) is 1. The van der Waals surface area contributed by atoms with Gasteiger partial charge in [-0.05, 0) is 25.7 Å². The third-order valence-corrected chi connectivity index (χ3v) is 3.91. The minimum absolute atomic E-state index is 0.0251. The Kier molecular flexibility index (Phi) is 5.24. The van der Waals surface area contributed by atoms with Gasteiger partial charge in [0.2, 0.25) is 11.8 Å². The van der Waals surface area contributed by atoms with E-state index in [0.717, 1.165) is 6.54 Å². The van der Waals surface area contributed by atoms with Crippen LogP contribution < -0.4 is 5.32 Å². The van der Waals surface area contributed by atoms with Gasteiger partial charge in [-0.25, -0.2) is 0 Å². The molecule has 0 bridgehead atoms. The van der Waals surface area contributed by atoms with Crippen LogP contribution in [0.3, 0.4) is 0 Å². The summed E-state index contributed by atoms with van der Waals surface area (Å²) in [6, 6.07) is 0.394. The lowest BCUT2D eigenvalue weighted by Gasteiger charge is -2.27. The highest BCUT2D eigenvalue weighted by Gasteiger charge is 2.42. The number of hydrogen-bond acceptors (Lipinski definition) is 4. The van der Waals surface area contributed by atoms with Crippen LogP contribution in [0.4, 0.5) is 13.2 Å². The maximum absolute atomic E-state index is 12.6. The summed E-state index contributed by atoms with van der Waals surface area (Å²) in [5.74, 6) is -0.152. The summed E-state index contributed by atoms with van der Waals surface area (Å²) in [6.45, 7) is 4.86. The largest absolute Gasteiger partial charge is 0.425 e. The lowest BCUT2D eigenvalue weighted by molar-refractivity contribution is -0.182. The molecule has 1 N–H and O–H groups in total. The van der Waals surface area contributed by atoms with Crippen LogP contribution in [0, 0.1) is 5.92 Å². The number of rotatable bonds is 5. The average molecular weight is 305 g/mol. The summed E-state index contributed by atoms with van der Waals surface area (Å²) < 4.78 is 43.4. The molecule has 0 unspecified atom stereocenters. The molecule has 1 fully saturated rings. The van der Waals surface area contributed by atoms with Crippen molar-refractivity contribution in [2.45, 2.75) is 64.1 Å². The molecule has 0 atom stereocenters. The van der Waals surface area contributed by atoms with Crippen molar-refractivity contribution >= 4 is 0 Å². The highest BCUT2D eigenvalue weighted by molar-refractivity contribution is 4.95. The Balaban J connectivity index is 1.83. The van der Waals surface area contributed by atoms with E-state index >= 15 is 0 Å². The van der Waals surface area contributed by atoms with Gasteiger partial charge < -0.3 is 9.73 Å². The van der Waals surface area contributed by atoms with E-state index in [0.29, 0.717) is 37.1 Å². The highest BCUT2D eigenvalue weighted by Crippen LogP contribution is 2.42. The highest BCUT2D eigenvalue weighted by atomic mass is 19.4. The second kappa shape index (κ2) is 6.77. The molecule has 0 amide bonds. The van der Waals surface area contributed by atoms with Gasteiger partial charge in [-0.3, -0.25) is 0 Å². The molecule has 1 aromatic heterocycles. The molecule has 0 aliphatic heterocycles. The number of halogens is 3. The number of hydrogen-bond donors (Lipinski definition) is 1. The Bertz CT molecular complexity index is 437. The van der Waals surface area contributed by atoms with Gasteiger partial charge in [0.1, 0.15) is 0 Å². The Labute approximate surface area is 122 Å². The zero-order chi connectivity index (χ0) is 15.5. The van der Waals surface area contributed by atoms with Crippen molar-refractivity contribution in [3.63, 3.8) is 0 Å². The topological polar surface area (TPSA) is 51.0 Å². The summed E-state index contributed by atoms with van der Waals surface area (Å²) in [4.78, 5) is 0. The van der Waals surface area contributed by atoms with Crippen molar-refractivity contribution in [3.8, 4) is 0 Å². The lowest BCUT2D eigenvalue weighted by atomic mass is 9.81. The first-order valence-corrected chi connectivity index (χ1v) is 7.48. The summed E-state index contributed by atoms with van der Waals surface area (Å²) in [7, 11) is 0. The molecule has 4 nitrogen and oxygen atoms in total. The molecule has 0 aromatic carbocycles. The summed E-state index contributed by atoms with van der Waals surface area (Å²) >= 11 is 0. The van der Waals surface area contributed by atoms with Gasteiger partial charge in [0.25, 0.3) is 0 Å². The van der Waals surface area contributed by atoms with Gasteiger partial charge >= 0.3 is 6.18 Å². The Morgan fingerprint density at radius 1 is 1.19 bits per heavy atom. The van der Waals surface area contributed by atoms with Crippen LogP contribution in [0.1, 0.15) is 57.2 Å². The third-order valence-electron chi connectivity index (χ3n) is 3.91. The van der Waals surface area contributed by atoms with E-state index < -0.39 is 12.1 Å². The molecule has 1 saturated carbocycles. The molecule has 0 spiro atoms. The molecule has 0 saturated heterocycles. The van der Waals surface area contributed by atoms with E-state index in [4.69, 9.17) is 4.42 Å². The van der Waals surface area contributed by atoms with Gasteiger partial charge in [0, 0.05) is 24.9 Å². The zero-order valence-corrected chi connectivity index (χ0v) is 12.4. The molecule has 0 radical (unpaired) electrons. The quantitative estimate of drug-likeness (QED) is 0.905. The van der Waals surface area contributed by atoms with Crippen molar-refractivity contribution in [2.24, 2.45) is 5.92 Å². The van der Waals surface area contributed by atoms with Crippen LogP contribution in [0.5, 0.6) is 0 Å². The molecule has 2 rings (SSSR count). The second-order valence-electron chi connectivity index (χ2n) is 5.98. The van der Waals surface area contributed by atoms with Gasteiger partial charge in [-0.1, -0.05) is 13.8 Å². The monoisotopic (exact) mass is 305 g/mol. The van der Waals surface area contributed by atoms with E-state index in [1.165, 1.54) is 0 Å². The molecule has 1 heterocycles. The van der Waals surface area contributed by atoms with E-state index in [1.807, 2.05) is 0 Å². The predicted octanol–water partition coefficient (Wildman–Crippen LogP) is 3.45. The Morgan fingerprint density at radius 3 is 2.43 bits per heavy atom. The van der Waals surface area contributed by atoms with Crippen molar-refractivity contribution in [2.75, 3.05) is 6.54 Å². The van der Waals surface area contributed by atoms with Gasteiger partial charge in [-0.15, -0.1) is 10.2 Å². The van der Waals surface area contributed by atoms with Crippen LogP contribution in [-0.2, 0) is 6.42 Å². The number of nitrogens with zero attached hydrogens (tertiary/aromatic N) is 2. The maximum Gasteiger partial charge on any atom is 0.391 e. The smallest absolute Gasteiger partial charge is 0.391 e. The van der Waals surface area contributed by atoms with Crippen LogP contribution in [-0.4, -0.2) is 29.0 Å². The molecule has 1 aliphatic carbocycles. The zero-order valence-electron chi connectivity index (χ0n) is 12.4. The minimum atomic E-state index is -4.08. The summed E-state index contributed by atoms with van der Waals surface area (Å²) in [5.41, 5.74) is 0. The standard InChI is InChI=1S/C14H22F3N3O/c1-9(2)18-8-7-12-19-20-13(21-12)10-3-5-11(6-4-10)14(15,16)17/h9-11,18H,3-8H2,1-2H3. The fourth-order valence-corrected chi connectivity index (χ4v) is 2.67. The van der Waals surface area contributed by atoms with Gasteiger partial charge in [0.15, 0.2) is 0 Å². The third kappa shape index (κ3) is 4.69. The molecular formula is C14H22F3N3O. The first kappa shape index (κ1) is 16.3. The van der Waals surface area contributed by atoms with E-state index in [9.17, 15) is 13.2 Å². The van der Waals surface area contributed by atoms with E-state index in [2.05, 4.69) is 29.4 Å². The second-order valence-corrected chi connectivity index (χ2v) is 5.98. The predicted molar refractivity (Wildman–Crippen MR) is 71.9 cm³/mol. The Morgan fingerprint density at radius 2 is 1.86 bits per heavy atom. The van der Waals surface area contributed by atoms with Crippen LogP contribution in [0.2, 0.25) is 0 Å². The lowest BCUT2D eigenvalue weighted by Crippen LogP contribution is -2.27. The van der Waals surface area contributed by atoms with Crippen molar-refractivity contribution in [1.29, 1.82) is 0 Å². The van der Waals surface area contributed by atoms with Crippen molar-refractivity contribution in [1.82, 2.24) is 15.5 Å². The average Bonchev–Trinajstić information content (AvgIpc) is 2.86. The molecule has 1 aliphatic rings. The molecular weight excluding hydrogens is 283 g/mol. The summed E-state index contributed by atoms with van der Waals surface area (Å²) in [6.07, 6.45) is -2.19. The van der Waals surface area contributed by atoms with Crippen LogP contribution >= 0.6 is 0 Å². The van der Waals surface area contributed by atoms with Gasteiger partial charge in [0.05, 0.1) is 5.92 Å². The fraction of sp³-hybridized carbons (Fsp3) is 0.857. The van der Waals surface area contributed by atoms with Gasteiger partial charge in [-0.2, -0.15) is 13.2 Å². The number of aromatic nitrogens is 2.